The van der Waals surface area contributed by atoms with E-state index in [1.807, 2.05) is 24.3 Å². The van der Waals surface area contributed by atoms with E-state index in [2.05, 4.69) is 18.7 Å². The molecule has 3 rings (SSSR count). The van der Waals surface area contributed by atoms with Gasteiger partial charge in [-0.1, -0.05) is 32.1 Å². The molecule has 1 aromatic carbocycles. The van der Waals surface area contributed by atoms with Crippen LogP contribution in [0.1, 0.15) is 38.7 Å². The molecule has 29 heavy (non-hydrogen) atoms. The molecule has 1 aromatic heterocycles. The lowest BCUT2D eigenvalue weighted by atomic mass is 9.96. The van der Waals surface area contributed by atoms with Crippen LogP contribution in [0, 0.1) is 5.92 Å². The molecule has 1 unspecified atom stereocenters. The minimum Gasteiger partial charge on any atom is -0.493 e. The average molecular weight is 395 g/mol. The Morgan fingerprint density at radius 3 is 2.59 bits per heavy atom. The maximum Gasteiger partial charge on any atom is 0.336 e. The number of hydrogen-bond donors (Lipinski definition) is 0. The van der Waals surface area contributed by atoms with Gasteiger partial charge in [-0.05, 0) is 56.1 Å². The minimum atomic E-state index is -0.345. The zero-order chi connectivity index (χ0) is 20.6. The van der Waals surface area contributed by atoms with Crippen LogP contribution in [0.3, 0.4) is 0 Å². The number of fused-ring (bicyclic) bond motifs is 1. The van der Waals surface area contributed by atoms with Gasteiger partial charge in [-0.25, -0.2) is 4.79 Å². The molecule has 5 nitrogen and oxygen atoms in total. The van der Waals surface area contributed by atoms with Gasteiger partial charge < -0.3 is 9.15 Å². The van der Waals surface area contributed by atoms with Crippen LogP contribution >= 0.6 is 0 Å². The van der Waals surface area contributed by atoms with E-state index in [1.54, 1.807) is 24.3 Å². The molecule has 0 amide bonds. The van der Waals surface area contributed by atoms with Gasteiger partial charge in [0.25, 0.3) is 0 Å². The van der Waals surface area contributed by atoms with Crippen molar-refractivity contribution in [1.82, 2.24) is 4.90 Å². The molecule has 1 atom stereocenters. The molecule has 0 saturated carbocycles. The van der Waals surface area contributed by atoms with Crippen LogP contribution in [0.15, 0.2) is 57.8 Å². The first-order valence-electron chi connectivity index (χ1n) is 10.4. The first kappa shape index (κ1) is 21.1. The van der Waals surface area contributed by atoms with Crippen molar-refractivity contribution >= 4 is 16.8 Å². The number of ether oxygens (including phenoxy) is 1. The van der Waals surface area contributed by atoms with Gasteiger partial charge in [0, 0.05) is 30.0 Å². The second kappa shape index (κ2) is 10.2. The van der Waals surface area contributed by atoms with E-state index in [9.17, 15) is 9.59 Å². The van der Waals surface area contributed by atoms with Crippen molar-refractivity contribution in [3.05, 3.63) is 64.6 Å². The van der Waals surface area contributed by atoms with Crippen LogP contribution in [0.2, 0.25) is 0 Å². The lowest BCUT2D eigenvalue weighted by Gasteiger charge is -2.21. The van der Waals surface area contributed by atoms with Crippen LogP contribution in [0.25, 0.3) is 11.0 Å². The topological polar surface area (TPSA) is 59.8 Å². The lowest BCUT2D eigenvalue weighted by molar-refractivity contribution is -0.117. The molecule has 5 heteroatoms. The summed E-state index contributed by atoms with van der Waals surface area (Å²) in [7, 11) is 0. The van der Waals surface area contributed by atoms with Gasteiger partial charge in [-0.3, -0.25) is 9.69 Å². The molecule has 0 radical (unpaired) electrons. The highest BCUT2D eigenvalue weighted by molar-refractivity contribution is 5.94. The molecule has 0 spiro atoms. The molecule has 0 bridgehead atoms. The molecule has 2 aromatic rings. The van der Waals surface area contributed by atoms with Crippen molar-refractivity contribution < 1.29 is 13.9 Å². The SMILES string of the molecule is CCCN(CCC)Cc1cc(=O)oc2cc(OCCC3C=CC=CC3=O)ccc12. The van der Waals surface area contributed by atoms with Gasteiger partial charge in [0.15, 0.2) is 5.78 Å². The summed E-state index contributed by atoms with van der Waals surface area (Å²) in [6.07, 6.45) is 9.90. The van der Waals surface area contributed by atoms with Crippen LogP contribution < -0.4 is 10.4 Å². The first-order chi connectivity index (χ1) is 14.1. The van der Waals surface area contributed by atoms with Crippen LogP contribution in [0.5, 0.6) is 5.75 Å². The minimum absolute atomic E-state index is 0.106. The molecule has 0 fully saturated rings. The molecule has 1 aliphatic rings. The first-order valence-corrected chi connectivity index (χ1v) is 10.4. The van der Waals surface area contributed by atoms with Crippen LogP contribution in [0.4, 0.5) is 0 Å². The van der Waals surface area contributed by atoms with E-state index < -0.39 is 0 Å². The molecule has 0 saturated heterocycles. The zero-order valence-electron chi connectivity index (χ0n) is 17.2. The fraction of sp³-hybridized carbons (Fsp3) is 0.417. The van der Waals surface area contributed by atoms with Crippen LogP contribution in [-0.4, -0.2) is 30.4 Å². The number of rotatable bonds is 10. The fourth-order valence-electron chi connectivity index (χ4n) is 3.68. The van der Waals surface area contributed by atoms with E-state index in [-0.39, 0.29) is 17.3 Å². The van der Waals surface area contributed by atoms with Crippen molar-refractivity contribution in [2.24, 2.45) is 5.92 Å². The average Bonchev–Trinajstić information content (AvgIpc) is 2.69. The summed E-state index contributed by atoms with van der Waals surface area (Å²) in [4.78, 5) is 26.3. The van der Waals surface area contributed by atoms with Gasteiger partial charge in [-0.2, -0.15) is 0 Å². The summed E-state index contributed by atoms with van der Waals surface area (Å²) in [5.41, 5.74) is 1.17. The van der Waals surface area contributed by atoms with Crippen molar-refractivity contribution in [3.8, 4) is 5.75 Å². The van der Waals surface area contributed by atoms with Crippen LogP contribution in [-0.2, 0) is 11.3 Å². The summed E-state index contributed by atoms with van der Waals surface area (Å²) in [5.74, 6) is 0.613. The summed E-state index contributed by atoms with van der Waals surface area (Å²) < 4.78 is 11.2. The van der Waals surface area contributed by atoms with Crippen molar-refractivity contribution in [2.75, 3.05) is 19.7 Å². The number of carbonyl (C=O) groups is 1. The maximum atomic E-state index is 12.1. The van der Waals surface area contributed by atoms with Crippen molar-refractivity contribution in [2.45, 2.75) is 39.7 Å². The van der Waals surface area contributed by atoms with Gasteiger partial charge in [-0.15, -0.1) is 0 Å². The normalized spacial score (nSPS) is 16.1. The zero-order valence-corrected chi connectivity index (χ0v) is 17.2. The van der Waals surface area contributed by atoms with Gasteiger partial charge in [0.2, 0.25) is 0 Å². The number of hydrogen-bond acceptors (Lipinski definition) is 5. The predicted octanol–water partition coefficient (Wildman–Crippen LogP) is 4.50. The molecule has 0 aliphatic heterocycles. The standard InChI is InChI=1S/C24H29NO4/c1-3-12-25(13-4-2)17-19-15-24(27)29-23-16-20(9-10-21(19)23)28-14-11-18-7-5-6-8-22(18)26/h5-10,15-16,18H,3-4,11-14,17H2,1-2H3. The maximum absolute atomic E-state index is 12.1. The van der Waals surface area contributed by atoms with E-state index >= 15 is 0 Å². The summed E-state index contributed by atoms with van der Waals surface area (Å²) in [5, 5.41) is 0.935. The Bertz CT molecular complexity index is 951. The lowest BCUT2D eigenvalue weighted by Crippen LogP contribution is -2.25. The third-order valence-electron chi connectivity index (χ3n) is 5.05. The molecular weight excluding hydrogens is 366 g/mol. The van der Waals surface area contributed by atoms with E-state index in [4.69, 9.17) is 9.15 Å². The Morgan fingerprint density at radius 2 is 1.86 bits per heavy atom. The molecular formula is C24H29NO4. The van der Waals surface area contributed by atoms with E-state index in [0.29, 0.717) is 24.4 Å². The molecule has 1 heterocycles. The van der Waals surface area contributed by atoms with Crippen molar-refractivity contribution in [3.63, 3.8) is 0 Å². The third kappa shape index (κ3) is 5.67. The predicted molar refractivity (Wildman–Crippen MR) is 115 cm³/mol. The smallest absolute Gasteiger partial charge is 0.336 e. The second-order valence-electron chi connectivity index (χ2n) is 7.41. The Labute approximate surface area is 171 Å². The van der Waals surface area contributed by atoms with Gasteiger partial charge in [0.05, 0.1) is 6.61 Å². The number of allylic oxidation sites excluding steroid dienone is 4. The highest BCUT2D eigenvalue weighted by atomic mass is 16.5. The number of nitrogens with zero attached hydrogens (tertiary/aromatic N) is 1. The Balaban J connectivity index is 1.72. The van der Waals surface area contributed by atoms with Gasteiger partial charge >= 0.3 is 5.63 Å². The number of carbonyl (C=O) groups excluding carboxylic acids is 1. The quantitative estimate of drug-likeness (QED) is 0.555. The van der Waals surface area contributed by atoms with Crippen molar-refractivity contribution in [1.29, 1.82) is 0 Å². The Kier molecular flexibility index (Phi) is 7.42. The monoisotopic (exact) mass is 395 g/mol. The number of benzene rings is 1. The molecule has 154 valence electrons. The highest BCUT2D eigenvalue weighted by Gasteiger charge is 2.15. The largest absolute Gasteiger partial charge is 0.493 e. The summed E-state index contributed by atoms with van der Waals surface area (Å²) in [6.45, 7) is 7.48. The van der Waals surface area contributed by atoms with Gasteiger partial charge in [0.1, 0.15) is 11.3 Å². The van der Waals surface area contributed by atoms with E-state index in [0.717, 1.165) is 43.4 Å². The molecule has 0 N–H and O–H groups in total. The summed E-state index contributed by atoms with van der Waals surface area (Å²) >= 11 is 0. The number of ketones is 1. The molecule has 1 aliphatic carbocycles. The van der Waals surface area contributed by atoms with E-state index in [1.165, 1.54) is 0 Å². The Morgan fingerprint density at radius 1 is 1.07 bits per heavy atom. The second-order valence-corrected chi connectivity index (χ2v) is 7.41. The fourth-order valence-corrected chi connectivity index (χ4v) is 3.68. The third-order valence-corrected chi connectivity index (χ3v) is 5.05. The Hall–Kier alpha value is -2.66. The highest BCUT2D eigenvalue weighted by Crippen LogP contribution is 2.24. The summed E-state index contributed by atoms with van der Waals surface area (Å²) in [6, 6.07) is 7.21.